The highest BCUT2D eigenvalue weighted by Crippen LogP contribution is 2.14. The maximum Gasteiger partial charge on any atom is 0.185 e. The fourth-order valence-corrected chi connectivity index (χ4v) is 1.26. The molecule has 0 aromatic rings. The van der Waals surface area contributed by atoms with Gasteiger partial charge in [0.1, 0.15) is 18.0 Å². The van der Waals surface area contributed by atoms with E-state index in [0.29, 0.717) is 6.61 Å². The molecule has 0 radical (unpaired) electrons. The van der Waals surface area contributed by atoms with Crippen LogP contribution in [0, 0.1) is 0 Å². The summed E-state index contributed by atoms with van der Waals surface area (Å²) in [6.07, 6.45) is -1.03. The number of unbranched alkanes of at least 4 members (excludes halogenated alkanes) is 1. The van der Waals surface area contributed by atoms with Crippen molar-refractivity contribution in [1.29, 1.82) is 0 Å². The van der Waals surface area contributed by atoms with Crippen molar-refractivity contribution in [2.75, 3.05) is 20.8 Å². The van der Waals surface area contributed by atoms with Crippen molar-refractivity contribution in [1.82, 2.24) is 0 Å². The zero-order valence-electron chi connectivity index (χ0n) is 10.2. The number of rotatable bonds is 9. The summed E-state index contributed by atoms with van der Waals surface area (Å²) in [7, 11) is 2.81. The maximum absolute atomic E-state index is 9.84. The molecule has 2 N–H and O–H groups in total. The van der Waals surface area contributed by atoms with Crippen molar-refractivity contribution in [2.24, 2.45) is 0 Å². The first-order valence-electron chi connectivity index (χ1n) is 5.31. The Labute approximate surface area is 96.6 Å². The number of hydrogen-bond acceptors (Lipinski definition) is 5. The Bertz CT molecular complexity index is 191. The van der Waals surface area contributed by atoms with E-state index < -0.39 is 18.5 Å². The van der Waals surface area contributed by atoms with Crippen LogP contribution in [0.2, 0.25) is 0 Å². The molecule has 16 heavy (non-hydrogen) atoms. The monoisotopic (exact) mass is 234 g/mol. The lowest BCUT2D eigenvalue weighted by Crippen LogP contribution is -2.42. The summed E-state index contributed by atoms with van der Waals surface area (Å²) in [4.78, 5) is 0. The molecule has 0 spiro atoms. The van der Waals surface area contributed by atoms with Crippen molar-refractivity contribution >= 4 is 0 Å². The van der Waals surface area contributed by atoms with Crippen molar-refractivity contribution in [2.45, 2.75) is 38.3 Å². The first-order chi connectivity index (χ1) is 7.58. The van der Waals surface area contributed by atoms with E-state index >= 15 is 0 Å². The zero-order chi connectivity index (χ0) is 12.6. The fraction of sp³-hybridized carbons (Fsp3) is 0.818. The van der Waals surface area contributed by atoms with Crippen LogP contribution in [0.5, 0.6) is 0 Å². The molecular formula is C11H22O5. The Kier molecular flexibility index (Phi) is 8.19. The van der Waals surface area contributed by atoms with E-state index in [1.54, 1.807) is 0 Å². The van der Waals surface area contributed by atoms with E-state index in [-0.39, 0.29) is 5.76 Å². The minimum absolute atomic E-state index is 0.234. The lowest BCUT2D eigenvalue weighted by molar-refractivity contribution is -0.196. The van der Waals surface area contributed by atoms with Gasteiger partial charge in [-0.05, 0) is 6.42 Å². The van der Waals surface area contributed by atoms with Gasteiger partial charge in [0.05, 0.1) is 0 Å². The highest BCUT2D eigenvalue weighted by atomic mass is 16.7. The second-order valence-electron chi connectivity index (χ2n) is 3.47. The van der Waals surface area contributed by atoms with Crippen LogP contribution in [0.3, 0.4) is 0 Å². The molecule has 5 heteroatoms. The third kappa shape index (κ3) is 4.94. The highest BCUT2D eigenvalue weighted by Gasteiger charge is 2.30. The van der Waals surface area contributed by atoms with Crippen LogP contribution in [-0.4, -0.2) is 49.5 Å². The van der Waals surface area contributed by atoms with Crippen LogP contribution in [0.25, 0.3) is 0 Å². The molecule has 2 atom stereocenters. The normalized spacial score (nSPS) is 15.1. The van der Waals surface area contributed by atoms with Crippen LogP contribution in [-0.2, 0) is 14.2 Å². The molecule has 0 rings (SSSR count). The second kappa shape index (κ2) is 8.52. The number of methoxy groups -OCH3 is 2. The quantitative estimate of drug-likeness (QED) is 0.357. The first kappa shape index (κ1) is 15.4. The summed E-state index contributed by atoms with van der Waals surface area (Å²) >= 11 is 0. The Morgan fingerprint density at radius 1 is 1.31 bits per heavy atom. The molecule has 0 heterocycles. The Balaban J connectivity index is 4.33. The molecule has 2 unspecified atom stereocenters. The van der Waals surface area contributed by atoms with Crippen LogP contribution in [0.1, 0.15) is 19.8 Å². The van der Waals surface area contributed by atoms with Crippen LogP contribution in [0.15, 0.2) is 12.3 Å². The predicted octanol–water partition coefficient (Wildman–Crippen LogP) is 1.22. The molecular weight excluding hydrogens is 212 g/mol. The number of ether oxygens (including phenoxy) is 3. The van der Waals surface area contributed by atoms with Gasteiger partial charge in [0.25, 0.3) is 0 Å². The van der Waals surface area contributed by atoms with Crippen LogP contribution in [0.4, 0.5) is 0 Å². The molecule has 0 saturated heterocycles. The summed E-state index contributed by atoms with van der Waals surface area (Å²) in [5.74, 6) is -0.234. The second-order valence-corrected chi connectivity index (χ2v) is 3.47. The Morgan fingerprint density at radius 2 is 1.88 bits per heavy atom. The average Bonchev–Trinajstić information content (AvgIpc) is 2.25. The van der Waals surface area contributed by atoms with Gasteiger partial charge in [0.15, 0.2) is 6.29 Å². The largest absolute Gasteiger partial charge is 0.510 e. The molecule has 0 aromatic heterocycles. The lowest BCUT2D eigenvalue weighted by atomic mass is 10.1. The molecule has 0 saturated carbocycles. The molecule has 0 amide bonds. The molecule has 0 aliphatic rings. The topological polar surface area (TPSA) is 68.2 Å². The van der Waals surface area contributed by atoms with Gasteiger partial charge in [-0.1, -0.05) is 19.9 Å². The van der Waals surface area contributed by atoms with E-state index in [0.717, 1.165) is 12.8 Å². The number of aliphatic hydroxyl groups excluding tert-OH is 2. The summed E-state index contributed by atoms with van der Waals surface area (Å²) < 4.78 is 15.1. The molecule has 0 fully saturated rings. The molecule has 0 aromatic carbocycles. The third-order valence-corrected chi connectivity index (χ3v) is 2.18. The van der Waals surface area contributed by atoms with Crippen molar-refractivity contribution in [3.63, 3.8) is 0 Å². The molecule has 0 aliphatic heterocycles. The Morgan fingerprint density at radius 3 is 2.25 bits per heavy atom. The summed E-state index contributed by atoms with van der Waals surface area (Å²) in [5.41, 5.74) is 0. The van der Waals surface area contributed by atoms with Gasteiger partial charge in [-0.15, -0.1) is 0 Å². The Hall–Kier alpha value is -0.620. The smallest absolute Gasteiger partial charge is 0.185 e. The zero-order valence-corrected chi connectivity index (χ0v) is 10.2. The maximum atomic E-state index is 9.84. The molecule has 5 nitrogen and oxygen atoms in total. The van der Waals surface area contributed by atoms with Crippen molar-refractivity contribution < 1.29 is 24.4 Å². The minimum Gasteiger partial charge on any atom is -0.510 e. The molecule has 0 aliphatic carbocycles. The van der Waals surface area contributed by atoms with E-state index in [1.807, 2.05) is 6.92 Å². The first-order valence-corrected chi connectivity index (χ1v) is 5.31. The van der Waals surface area contributed by atoms with Crippen molar-refractivity contribution in [3.8, 4) is 0 Å². The summed E-state index contributed by atoms with van der Waals surface area (Å²) in [6, 6.07) is 0. The lowest BCUT2D eigenvalue weighted by Gasteiger charge is -2.27. The van der Waals surface area contributed by atoms with E-state index in [1.165, 1.54) is 14.2 Å². The van der Waals surface area contributed by atoms with Gasteiger partial charge in [0, 0.05) is 20.8 Å². The standard InChI is InChI=1S/C11H22O5/c1-5-6-7-16-10(8(2)12)9(13)11(14-3)15-4/h9-13H,2,5-7H2,1,3-4H3. The third-order valence-electron chi connectivity index (χ3n) is 2.18. The summed E-state index contributed by atoms with van der Waals surface area (Å²) in [6.45, 7) is 5.83. The van der Waals surface area contributed by atoms with Gasteiger partial charge in [0.2, 0.25) is 0 Å². The minimum atomic E-state index is -1.11. The van der Waals surface area contributed by atoms with Crippen molar-refractivity contribution in [3.05, 3.63) is 12.3 Å². The highest BCUT2D eigenvalue weighted by molar-refractivity contribution is 4.96. The van der Waals surface area contributed by atoms with Gasteiger partial charge >= 0.3 is 0 Å². The number of aliphatic hydroxyl groups is 2. The van der Waals surface area contributed by atoms with Gasteiger partial charge in [-0.25, -0.2) is 0 Å². The molecule has 0 bridgehead atoms. The van der Waals surface area contributed by atoms with Gasteiger partial charge in [-0.3, -0.25) is 0 Å². The van der Waals surface area contributed by atoms with Gasteiger partial charge in [-0.2, -0.15) is 0 Å². The van der Waals surface area contributed by atoms with E-state index in [4.69, 9.17) is 14.2 Å². The summed E-state index contributed by atoms with van der Waals surface area (Å²) in [5, 5.41) is 19.2. The predicted molar refractivity (Wildman–Crippen MR) is 60.2 cm³/mol. The molecule has 96 valence electrons. The SMILES string of the molecule is C=C(O)C(OCCCC)C(O)C(OC)OC. The van der Waals surface area contributed by atoms with Crippen LogP contribution >= 0.6 is 0 Å². The van der Waals surface area contributed by atoms with E-state index in [9.17, 15) is 10.2 Å². The van der Waals surface area contributed by atoms with Gasteiger partial charge < -0.3 is 24.4 Å². The fourth-order valence-electron chi connectivity index (χ4n) is 1.26. The average molecular weight is 234 g/mol. The van der Waals surface area contributed by atoms with E-state index in [2.05, 4.69) is 6.58 Å². The van der Waals surface area contributed by atoms with Crippen LogP contribution < -0.4 is 0 Å². The number of hydrogen-bond donors (Lipinski definition) is 2.